The predicted octanol–water partition coefficient (Wildman–Crippen LogP) is 3.34. The summed E-state index contributed by atoms with van der Waals surface area (Å²) in [6, 6.07) is 6.71. The molecule has 2 heterocycles. The first-order chi connectivity index (χ1) is 14.1. The van der Waals surface area contributed by atoms with Crippen molar-refractivity contribution >= 4 is 38.2 Å². The highest BCUT2D eigenvalue weighted by atomic mass is 32.2. The lowest BCUT2D eigenvalue weighted by Crippen LogP contribution is -2.04. The Balaban J connectivity index is 1.70. The van der Waals surface area contributed by atoms with Crippen molar-refractivity contribution in [3.05, 3.63) is 53.7 Å². The fourth-order valence-corrected chi connectivity index (χ4v) is 4.10. The first kappa shape index (κ1) is 19.7. The van der Waals surface area contributed by atoms with Crippen LogP contribution in [0.1, 0.15) is 5.56 Å². The minimum absolute atomic E-state index is 0.0269. The molecule has 2 aromatic carbocycles. The molecule has 4 N–H and O–H groups in total. The van der Waals surface area contributed by atoms with Gasteiger partial charge in [0.1, 0.15) is 17.2 Å². The number of fused-ring (bicyclic) bond motifs is 1. The molecule has 0 spiro atoms. The van der Waals surface area contributed by atoms with E-state index in [2.05, 4.69) is 25.5 Å². The average Bonchev–Trinajstić information content (AvgIpc) is 3.06. The van der Waals surface area contributed by atoms with Crippen molar-refractivity contribution in [2.24, 2.45) is 0 Å². The van der Waals surface area contributed by atoms with Gasteiger partial charge in [0, 0.05) is 29.6 Å². The lowest BCUT2D eigenvalue weighted by atomic mass is 10.1. The molecule has 2 aromatic heterocycles. The van der Waals surface area contributed by atoms with E-state index in [9.17, 15) is 17.2 Å². The van der Waals surface area contributed by atoms with Gasteiger partial charge in [-0.2, -0.15) is 10.1 Å². The average molecular weight is 430 g/mol. The third kappa shape index (κ3) is 3.54. The van der Waals surface area contributed by atoms with E-state index in [0.717, 1.165) is 18.4 Å². The Labute approximate surface area is 170 Å². The van der Waals surface area contributed by atoms with E-state index >= 15 is 0 Å². The Morgan fingerprint density at radius 1 is 1.17 bits per heavy atom. The number of H-pyrrole nitrogens is 1. The summed E-state index contributed by atoms with van der Waals surface area (Å²) < 4.78 is 51.3. The van der Waals surface area contributed by atoms with Crippen LogP contribution >= 0.6 is 0 Å². The number of anilines is 3. The van der Waals surface area contributed by atoms with Crippen LogP contribution in [0.25, 0.3) is 22.2 Å². The van der Waals surface area contributed by atoms with E-state index < -0.39 is 21.5 Å². The zero-order chi connectivity index (χ0) is 21.6. The Morgan fingerprint density at radius 2 is 1.93 bits per heavy atom. The Bertz CT molecular complexity index is 1400. The number of nitrogens with zero attached hydrogens (tertiary/aromatic N) is 3. The predicted molar refractivity (Wildman–Crippen MR) is 109 cm³/mol. The van der Waals surface area contributed by atoms with Gasteiger partial charge in [-0.15, -0.1) is 0 Å². The van der Waals surface area contributed by atoms with E-state index in [1.54, 1.807) is 19.1 Å². The number of sulfone groups is 1. The molecule has 0 amide bonds. The van der Waals surface area contributed by atoms with Crippen molar-refractivity contribution < 1.29 is 17.2 Å². The molecule has 11 heteroatoms. The number of hydrogen-bond donors (Lipinski definition) is 3. The van der Waals surface area contributed by atoms with Gasteiger partial charge in [-0.1, -0.05) is 6.07 Å². The highest BCUT2D eigenvalue weighted by Gasteiger charge is 2.17. The first-order valence-corrected chi connectivity index (χ1v) is 10.6. The van der Waals surface area contributed by atoms with Crippen LogP contribution in [0.2, 0.25) is 0 Å². The lowest BCUT2D eigenvalue weighted by molar-refractivity contribution is 0.590. The number of rotatable bonds is 4. The second-order valence-corrected chi connectivity index (χ2v) is 8.74. The van der Waals surface area contributed by atoms with Crippen molar-refractivity contribution in [1.82, 2.24) is 20.2 Å². The number of halogens is 2. The number of nitrogens with two attached hydrogens (primary N) is 1. The maximum absolute atomic E-state index is 13.9. The molecule has 4 aromatic rings. The molecule has 0 atom stereocenters. The molecule has 0 unspecified atom stereocenters. The minimum Gasteiger partial charge on any atom is -0.383 e. The summed E-state index contributed by atoms with van der Waals surface area (Å²) in [5, 5.41) is 9.60. The van der Waals surface area contributed by atoms with Gasteiger partial charge < -0.3 is 11.1 Å². The van der Waals surface area contributed by atoms with E-state index in [0.29, 0.717) is 16.8 Å². The quantitative estimate of drug-likeness (QED) is 0.453. The molecule has 0 aliphatic heterocycles. The topological polar surface area (TPSA) is 127 Å². The summed E-state index contributed by atoms with van der Waals surface area (Å²) in [6.07, 6.45) is 2.51. The van der Waals surface area contributed by atoms with Crippen LogP contribution in [0.5, 0.6) is 0 Å². The number of aromatic nitrogens is 4. The van der Waals surface area contributed by atoms with E-state index in [-0.39, 0.29) is 33.3 Å². The third-order valence-corrected chi connectivity index (χ3v) is 5.75. The molecule has 8 nitrogen and oxygen atoms in total. The standard InChI is InChI=1S/C19H16F2N6O2S/c1-9-3-4-11(7-15(9)30(2,28)29)24-19-23-8-13(18(22)25-19)16-12-5-10(20)6-14(21)17(12)27-26-16/h3-8H,1-2H3,(H,26,27)(H3,22,23,24,25). The SMILES string of the molecule is Cc1ccc(Nc2ncc(-c3[nH]nc4c(F)cc(F)cc34)c(N)n2)cc1S(C)(=O)=O. The van der Waals surface area contributed by atoms with Crippen LogP contribution < -0.4 is 11.1 Å². The Morgan fingerprint density at radius 3 is 2.63 bits per heavy atom. The molecule has 154 valence electrons. The summed E-state index contributed by atoms with van der Waals surface area (Å²) in [7, 11) is -3.40. The zero-order valence-electron chi connectivity index (χ0n) is 15.9. The summed E-state index contributed by atoms with van der Waals surface area (Å²) in [6.45, 7) is 1.70. The normalized spacial score (nSPS) is 11.7. The maximum Gasteiger partial charge on any atom is 0.229 e. The number of nitrogen functional groups attached to an aromatic ring is 1. The molecule has 0 radical (unpaired) electrons. The lowest BCUT2D eigenvalue weighted by Gasteiger charge is -2.10. The Hall–Kier alpha value is -3.60. The summed E-state index contributed by atoms with van der Waals surface area (Å²) in [5.41, 5.74) is 7.68. The van der Waals surface area contributed by atoms with Gasteiger partial charge >= 0.3 is 0 Å². The summed E-state index contributed by atoms with van der Waals surface area (Å²) >= 11 is 0. The number of aromatic amines is 1. The second-order valence-electron chi connectivity index (χ2n) is 6.75. The molecular weight excluding hydrogens is 414 g/mol. The van der Waals surface area contributed by atoms with Crippen molar-refractivity contribution in [1.29, 1.82) is 0 Å². The number of benzene rings is 2. The first-order valence-electron chi connectivity index (χ1n) is 8.67. The van der Waals surface area contributed by atoms with Gasteiger partial charge in [-0.25, -0.2) is 22.2 Å². The smallest absolute Gasteiger partial charge is 0.229 e. The van der Waals surface area contributed by atoms with Crippen LogP contribution in [0.3, 0.4) is 0 Å². The summed E-state index contributed by atoms with van der Waals surface area (Å²) in [5.74, 6) is -1.38. The van der Waals surface area contributed by atoms with E-state index in [1.165, 1.54) is 12.3 Å². The molecule has 0 aliphatic rings. The van der Waals surface area contributed by atoms with Gasteiger partial charge in [0.2, 0.25) is 5.95 Å². The van der Waals surface area contributed by atoms with Gasteiger partial charge in [0.05, 0.1) is 16.2 Å². The zero-order valence-corrected chi connectivity index (χ0v) is 16.7. The molecular formula is C19H16F2N6O2S. The Kier molecular flexibility index (Phi) is 4.61. The molecule has 0 saturated carbocycles. The minimum atomic E-state index is -3.40. The van der Waals surface area contributed by atoms with Crippen LogP contribution in [0, 0.1) is 18.6 Å². The van der Waals surface area contributed by atoms with Gasteiger partial charge in [0.15, 0.2) is 15.7 Å². The largest absolute Gasteiger partial charge is 0.383 e. The maximum atomic E-state index is 13.9. The van der Waals surface area contributed by atoms with Crippen molar-refractivity contribution in [3.63, 3.8) is 0 Å². The van der Waals surface area contributed by atoms with E-state index in [1.807, 2.05) is 0 Å². The van der Waals surface area contributed by atoms with Crippen molar-refractivity contribution in [2.75, 3.05) is 17.3 Å². The third-order valence-electron chi connectivity index (χ3n) is 4.51. The highest BCUT2D eigenvalue weighted by molar-refractivity contribution is 7.90. The fraction of sp³-hybridized carbons (Fsp3) is 0.105. The molecule has 0 fully saturated rings. The van der Waals surface area contributed by atoms with Crippen LogP contribution in [-0.4, -0.2) is 34.8 Å². The van der Waals surface area contributed by atoms with Crippen molar-refractivity contribution in [2.45, 2.75) is 11.8 Å². The fourth-order valence-electron chi connectivity index (χ4n) is 3.10. The molecule has 30 heavy (non-hydrogen) atoms. The molecule has 0 bridgehead atoms. The van der Waals surface area contributed by atoms with E-state index in [4.69, 9.17) is 5.73 Å². The molecule has 0 aliphatic carbocycles. The van der Waals surface area contributed by atoms with Crippen LogP contribution in [0.15, 0.2) is 41.4 Å². The van der Waals surface area contributed by atoms with Crippen molar-refractivity contribution in [3.8, 4) is 11.3 Å². The molecule has 0 saturated heterocycles. The van der Waals surface area contributed by atoms with Gasteiger partial charge in [-0.05, 0) is 30.7 Å². The number of hydrogen-bond acceptors (Lipinski definition) is 7. The summed E-state index contributed by atoms with van der Waals surface area (Å²) in [4.78, 5) is 8.52. The van der Waals surface area contributed by atoms with Gasteiger partial charge in [0.25, 0.3) is 0 Å². The highest BCUT2D eigenvalue weighted by Crippen LogP contribution is 2.31. The second kappa shape index (κ2) is 7.02. The number of nitrogens with one attached hydrogen (secondary N) is 2. The number of aryl methyl sites for hydroxylation is 1. The van der Waals surface area contributed by atoms with Crippen LogP contribution in [-0.2, 0) is 9.84 Å². The molecule has 4 rings (SSSR count). The van der Waals surface area contributed by atoms with Gasteiger partial charge in [-0.3, -0.25) is 5.10 Å². The monoisotopic (exact) mass is 430 g/mol. The van der Waals surface area contributed by atoms with Crippen LogP contribution in [0.4, 0.5) is 26.2 Å².